The molecule has 0 spiro atoms. The van der Waals surface area contributed by atoms with Gasteiger partial charge in [0.15, 0.2) is 5.96 Å². The van der Waals surface area contributed by atoms with Crippen LogP contribution in [0.2, 0.25) is 0 Å². The molecule has 1 unspecified atom stereocenters. The fourth-order valence-corrected chi connectivity index (χ4v) is 3.34. The first-order valence-electron chi connectivity index (χ1n) is 10.5. The zero-order valence-corrected chi connectivity index (χ0v) is 19.0. The Bertz CT molecular complexity index is 744. The van der Waals surface area contributed by atoms with Crippen molar-refractivity contribution in [1.82, 2.24) is 5.32 Å². The number of nitrogens with one attached hydrogen (secondary N) is 2. The second kappa shape index (κ2) is 12.8. The van der Waals surface area contributed by atoms with E-state index in [2.05, 4.69) is 15.6 Å². The summed E-state index contributed by atoms with van der Waals surface area (Å²) < 4.78 is 39.6. The van der Waals surface area contributed by atoms with Crippen LogP contribution in [-0.2, 0) is 19.3 Å². The van der Waals surface area contributed by atoms with Gasteiger partial charge >= 0.3 is 0 Å². The van der Waals surface area contributed by atoms with Crippen LogP contribution >= 0.6 is 0 Å². The third-order valence-corrected chi connectivity index (χ3v) is 5.24. The maximum absolute atomic E-state index is 11.4. The topological polar surface area (TPSA) is 98.2 Å². The first kappa shape index (κ1) is 24.4. The number of aliphatic imine (C=N–C) groups is 1. The van der Waals surface area contributed by atoms with Crippen molar-refractivity contribution in [2.45, 2.75) is 45.3 Å². The Morgan fingerprint density at radius 1 is 1.30 bits per heavy atom. The lowest BCUT2D eigenvalue weighted by atomic mass is 10.2. The molecule has 1 aliphatic rings. The van der Waals surface area contributed by atoms with E-state index in [1.165, 1.54) is 6.26 Å². The van der Waals surface area contributed by atoms with E-state index in [0.717, 1.165) is 37.3 Å². The molecule has 0 saturated carbocycles. The van der Waals surface area contributed by atoms with Crippen LogP contribution in [0.3, 0.4) is 0 Å². The molecular weight excluding hydrogens is 406 g/mol. The van der Waals surface area contributed by atoms with Crippen molar-refractivity contribution in [2.75, 3.05) is 50.2 Å². The third kappa shape index (κ3) is 10.8. The molecule has 0 amide bonds. The van der Waals surface area contributed by atoms with Crippen molar-refractivity contribution in [3.63, 3.8) is 0 Å². The molecule has 1 aliphatic heterocycles. The molecule has 170 valence electrons. The SMILES string of the molecule is CC(C)Oc1ccc(NC(=NCCCOCC2CCCO2)NCCS(C)(=O)=O)cc1. The van der Waals surface area contributed by atoms with E-state index in [9.17, 15) is 8.42 Å². The number of anilines is 1. The van der Waals surface area contributed by atoms with E-state index in [-0.39, 0.29) is 24.5 Å². The molecule has 1 fully saturated rings. The Kier molecular flexibility index (Phi) is 10.4. The minimum Gasteiger partial charge on any atom is -0.491 e. The normalized spacial score (nSPS) is 17.3. The summed E-state index contributed by atoms with van der Waals surface area (Å²) in [6.07, 6.45) is 4.51. The van der Waals surface area contributed by atoms with Gasteiger partial charge in [0.25, 0.3) is 0 Å². The average molecular weight is 442 g/mol. The first-order chi connectivity index (χ1) is 14.3. The lowest BCUT2D eigenvalue weighted by Gasteiger charge is -2.14. The van der Waals surface area contributed by atoms with E-state index in [4.69, 9.17) is 14.2 Å². The Labute approximate surface area is 180 Å². The smallest absolute Gasteiger partial charge is 0.195 e. The molecule has 1 atom stereocenters. The number of hydrogen-bond donors (Lipinski definition) is 2. The Morgan fingerprint density at radius 3 is 2.70 bits per heavy atom. The quantitative estimate of drug-likeness (QED) is 0.292. The van der Waals surface area contributed by atoms with Crippen LogP contribution in [0.15, 0.2) is 29.3 Å². The monoisotopic (exact) mass is 441 g/mol. The second-order valence-electron chi connectivity index (χ2n) is 7.67. The van der Waals surface area contributed by atoms with Gasteiger partial charge in [0.05, 0.1) is 24.6 Å². The number of benzene rings is 1. The lowest BCUT2D eigenvalue weighted by molar-refractivity contribution is 0.0171. The molecule has 0 radical (unpaired) electrons. The van der Waals surface area contributed by atoms with E-state index >= 15 is 0 Å². The molecule has 30 heavy (non-hydrogen) atoms. The summed E-state index contributed by atoms with van der Waals surface area (Å²) >= 11 is 0. The molecular formula is C21H35N3O5S. The number of rotatable bonds is 12. The molecule has 8 nitrogen and oxygen atoms in total. The van der Waals surface area contributed by atoms with Gasteiger partial charge in [0.2, 0.25) is 0 Å². The summed E-state index contributed by atoms with van der Waals surface area (Å²) in [7, 11) is -3.04. The third-order valence-electron chi connectivity index (χ3n) is 4.30. The Hall–Kier alpha value is -1.84. The van der Waals surface area contributed by atoms with Crippen molar-refractivity contribution >= 4 is 21.5 Å². The van der Waals surface area contributed by atoms with Gasteiger partial charge in [-0.15, -0.1) is 0 Å². The van der Waals surface area contributed by atoms with Gasteiger partial charge < -0.3 is 24.8 Å². The number of guanidine groups is 1. The molecule has 1 heterocycles. The fraction of sp³-hybridized carbons (Fsp3) is 0.667. The van der Waals surface area contributed by atoms with E-state index in [0.29, 0.717) is 25.7 Å². The van der Waals surface area contributed by atoms with Crippen LogP contribution in [0.5, 0.6) is 5.75 Å². The van der Waals surface area contributed by atoms with Crippen molar-refractivity contribution in [3.05, 3.63) is 24.3 Å². The van der Waals surface area contributed by atoms with Crippen LogP contribution in [0, 0.1) is 0 Å². The van der Waals surface area contributed by atoms with Crippen LogP contribution < -0.4 is 15.4 Å². The molecule has 9 heteroatoms. The molecule has 1 saturated heterocycles. The van der Waals surface area contributed by atoms with Crippen molar-refractivity contribution < 1.29 is 22.6 Å². The summed E-state index contributed by atoms with van der Waals surface area (Å²) in [6, 6.07) is 7.57. The molecule has 0 aliphatic carbocycles. The molecule has 0 bridgehead atoms. The van der Waals surface area contributed by atoms with Crippen LogP contribution in [-0.4, -0.2) is 71.5 Å². The summed E-state index contributed by atoms with van der Waals surface area (Å²) in [5, 5.41) is 6.28. The van der Waals surface area contributed by atoms with Gasteiger partial charge in [-0.3, -0.25) is 4.99 Å². The van der Waals surface area contributed by atoms with Crippen LogP contribution in [0.4, 0.5) is 5.69 Å². The largest absolute Gasteiger partial charge is 0.491 e. The van der Waals surface area contributed by atoms with E-state index in [1.54, 1.807) is 0 Å². The predicted octanol–water partition coefficient (Wildman–Crippen LogP) is 2.46. The summed E-state index contributed by atoms with van der Waals surface area (Å²) in [4.78, 5) is 4.54. The number of nitrogens with zero attached hydrogens (tertiary/aromatic N) is 1. The summed E-state index contributed by atoms with van der Waals surface area (Å²) in [5.74, 6) is 1.37. The zero-order chi connectivity index (χ0) is 21.8. The molecule has 2 N–H and O–H groups in total. The highest BCUT2D eigenvalue weighted by molar-refractivity contribution is 7.90. The van der Waals surface area contributed by atoms with E-state index in [1.807, 2.05) is 38.1 Å². The van der Waals surface area contributed by atoms with Crippen molar-refractivity contribution in [2.24, 2.45) is 4.99 Å². The maximum Gasteiger partial charge on any atom is 0.195 e. The predicted molar refractivity (Wildman–Crippen MR) is 120 cm³/mol. The van der Waals surface area contributed by atoms with Crippen LogP contribution in [0.25, 0.3) is 0 Å². The van der Waals surface area contributed by atoms with Gasteiger partial charge in [-0.25, -0.2) is 8.42 Å². The van der Waals surface area contributed by atoms with Gasteiger partial charge in [-0.05, 0) is 57.4 Å². The lowest BCUT2D eigenvalue weighted by Crippen LogP contribution is -2.34. The highest BCUT2D eigenvalue weighted by Crippen LogP contribution is 2.17. The molecule has 2 rings (SSSR count). The van der Waals surface area contributed by atoms with Gasteiger partial charge in [0, 0.05) is 38.2 Å². The second-order valence-corrected chi connectivity index (χ2v) is 9.93. The first-order valence-corrected chi connectivity index (χ1v) is 12.6. The average Bonchev–Trinajstić information content (AvgIpc) is 3.18. The van der Waals surface area contributed by atoms with Gasteiger partial charge in [-0.2, -0.15) is 0 Å². The summed E-state index contributed by atoms with van der Waals surface area (Å²) in [5.41, 5.74) is 0.839. The standard InChI is InChI=1S/C21H35N3O5S/c1-17(2)29-19-9-7-18(8-10-19)24-21(23-12-15-30(3,25)26)22-11-5-13-27-16-20-6-4-14-28-20/h7-10,17,20H,4-6,11-16H2,1-3H3,(H2,22,23,24). The molecule has 0 aromatic heterocycles. The fourth-order valence-electron chi connectivity index (χ4n) is 2.87. The van der Waals surface area contributed by atoms with Crippen molar-refractivity contribution in [3.8, 4) is 5.75 Å². The van der Waals surface area contributed by atoms with Crippen LogP contribution in [0.1, 0.15) is 33.1 Å². The minimum atomic E-state index is -3.04. The zero-order valence-electron chi connectivity index (χ0n) is 18.2. The van der Waals surface area contributed by atoms with Gasteiger partial charge in [0.1, 0.15) is 15.6 Å². The Balaban J connectivity index is 1.82. The number of hydrogen-bond acceptors (Lipinski definition) is 6. The molecule has 1 aromatic rings. The minimum absolute atomic E-state index is 0.0410. The number of ether oxygens (including phenoxy) is 3. The molecule has 1 aromatic carbocycles. The summed E-state index contributed by atoms with van der Waals surface area (Å²) in [6.45, 7) is 6.88. The number of sulfone groups is 1. The Morgan fingerprint density at radius 2 is 2.07 bits per heavy atom. The highest BCUT2D eigenvalue weighted by atomic mass is 32.2. The highest BCUT2D eigenvalue weighted by Gasteiger charge is 2.14. The van der Waals surface area contributed by atoms with Gasteiger partial charge in [-0.1, -0.05) is 0 Å². The van der Waals surface area contributed by atoms with Crippen molar-refractivity contribution in [1.29, 1.82) is 0 Å². The van der Waals surface area contributed by atoms with E-state index < -0.39 is 9.84 Å². The maximum atomic E-state index is 11.4.